The highest BCUT2D eigenvalue weighted by Crippen LogP contribution is 2.04. The molecule has 0 fully saturated rings. The van der Waals surface area contributed by atoms with Gasteiger partial charge in [-0.15, -0.1) is 0 Å². The van der Waals surface area contributed by atoms with E-state index < -0.39 is 0 Å². The average Bonchev–Trinajstić information content (AvgIpc) is 2.35. The minimum absolute atomic E-state index is 0.161. The first-order valence-corrected chi connectivity index (χ1v) is 5.45. The largest absolute Gasteiger partial charge is 0.348 e. The Balaban J connectivity index is 2.72. The van der Waals surface area contributed by atoms with E-state index in [-0.39, 0.29) is 11.9 Å². The van der Waals surface area contributed by atoms with Crippen molar-refractivity contribution in [2.45, 2.75) is 32.7 Å². The number of aromatic nitrogens is 1. The molecule has 5 nitrogen and oxygen atoms in total. The van der Waals surface area contributed by atoms with Crippen molar-refractivity contribution in [1.29, 1.82) is 0 Å². The number of hydrazine groups is 1. The zero-order valence-corrected chi connectivity index (χ0v) is 9.66. The van der Waals surface area contributed by atoms with Crippen molar-refractivity contribution in [3.8, 4) is 0 Å². The Morgan fingerprint density at radius 3 is 2.69 bits per heavy atom. The fourth-order valence-corrected chi connectivity index (χ4v) is 1.39. The van der Waals surface area contributed by atoms with Crippen LogP contribution in [0.4, 0.5) is 5.82 Å². The Kier molecular flexibility index (Phi) is 4.72. The molecular formula is C11H18N4O. The minimum Gasteiger partial charge on any atom is -0.348 e. The molecule has 0 aliphatic heterocycles. The van der Waals surface area contributed by atoms with Gasteiger partial charge >= 0.3 is 0 Å². The Hall–Kier alpha value is -1.62. The number of anilines is 1. The first kappa shape index (κ1) is 12.4. The van der Waals surface area contributed by atoms with Crippen LogP contribution in [0.15, 0.2) is 18.2 Å². The summed E-state index contributed by atoms with van der Waals surface area (Å²) in [5.41, 5.74) is 2.79. The molecule has 0 saturated heterocycles. The zero-order chi connectivity index (χ0) is 12.0. The molecule has 0 aromatic carbocycles. The lowest BCUT2D eigenvalue weighted by atomic mass is 10.1. The summed E-state index contributed by atoms with van der Waals surface area (Å²) >= 11 is 0. The van der Waals surface area contributed by atoms with Gasteiger partial charge in [0.15, 0.2) is 0 Å². The van der Waals surface area contributed by atoms with Crippen LogP contribution in [0.1, 0.15) is 37.2 Å². The number of pyridine rings is 1. The van der Waals surface area contributed by atoms with Gasteiger partial charge in [0, 0.05) is 6.04 Å². The number of nitrogen functional groups attached to an aromatic ring is 1. The van der Waals surface area contributed by atoms with Gasteiger partial charge in [-0.2, -0.15) is 0 Å². The van der Waals surface area contributed by atoms with Gasteiger partial charge in [0.2, 0.25) is 0 Å². The maximum absolute atomic E-state index is 11.8. The predicted molar refractivity (Wildman–Crippen MR) is 63.9 cm³/mol. The summed E-state index contributed by atoms with van der Waals surface area (Å²) in [6.45, 7) is 4.08. The molecule has 1 rings (SSSR count). The fraction of sp³-hybridized carbons (Fsp3) is 0.455. The van der Waals surface area contributed by atoms with Crippen molar-refractivity contribution in [3.05, 3.63) is 23.9 Å². The van der Waals surface area contributed by atoms with Crippen LogP contribution < -0.4 is 16.6 Å². The molecule has 16 heavy (non-hydrogen) atoms. The summed E-state index contributed by atoms with van der Waals surface area (Å²) in [5.74, 6) is 5.55. The molecule has 0 unspecified atom stereocenters. The van der Waals surface area contributed by atoms with Crippen molar-refractivity contribution >= 4 is 11.7 Å². The third-order valence-electron chi connectivity index (χ3n) is 2.45. The number of nitrogens with two attached hydrogens (primary N) is 1. The maximum atomic E-state index is 11.8. The van der Waals surface area contributed by atoms with Crippen molar-refractivity contribution in [1.82, 2.24) is 10.3 Å². The number of carbonyl (C=O) groups excluding carboxylic acids is 1. The summed E-state index contributed by atoms with van der Waals surface area (Å²) in [4.78, 5) is 15.9. The summed E-state index contributed by atoms with van der Waals surface area (Å²) in [7, 11) is 0. The Bertz CT molecular complexity index is 350. The summed E-state index contributed by atoms with van der Waals surface area (Å²) in [5, 5.41) is 2.91. The second kappa shape index (κ2) is 6.07. The molecule has 0 spiro atoms. The first-order valence-electron chi connectivity index (χ1n) is 5.45. The standard InChI is InChI=1S/C11H18N4O/c1-3-8(4-2)13-11(16)9-6-5-7-10(14-9)15-12/h5-8H,3-4,12H2,1-2H3,(H,13,16)(H,14,15). The molecular weight excluding hydrogens is 204 g/mol. The van der Waals surface area contributed by atoms with E-state index >= 15 is 0 Å². The van der Waals surface area contributed by atoms with E-state index in [0.29, 0.717) is 11.5 Å². The highest BCUT2D eigenvalue weighted by molar-refractivity contribution is 5.92. The number of nitrogens with zero attached hydrogens (tertiary/aromatic N) is 1. The van der Waals surface area contributed by atoms with Crippen molar-refractivity contribution < 1.29 is 4.79 Å². The molecule has 5 heteroatoms. The van der Waals surface area contributed by atoms with Crippen LogP contribution in [-0.4, -0.2) is 16.9 Å². The van der Waals surface area contributed by atoms with Crippen molar-refractivity contribution in [2.24, 2.45) is 5.84 Å². The van der Waals surface area contributed by atoms with Gasteiger partial charge in [-0.1, -0.05) is 19.9 Å². The lowest BCUT2D eigenvalue weighted by Gasteiger charge is -2.14. The SMILES string of the molecule is CCC(CC)NC(=O)c1cccc(NN)n1. The summed E-state index contributed by atoms with van der Waals surface area (Å²) < 4.78 is 0. The maximum Gasteiger partial charge on any atom is 0.270 e. The van der Waals surface area contributed by atoms with Gasteiger partial charge < -0.3 is 10.7 Å². The quantitative estimate of drug-likeness (QED) is 0.518. The molecule has 0 saturated carbocycles. The van der Waals surface area contributed by atoms with Gasteiger partial charge in [-0.3, -0.25) is 4.79 Å². The summed E-state index contributed by atoms with van der Waals surface area (Å²) in [6, 6.07) is 5.31. The van der Waals surface area contributed by atoms with E-state index in [4.69, 9.17) is 5.84 Å². The molecule has 1 amide bonds. The molecule has 0 bridgehead atoms. The molecule has 0 aliphatic rings. The van der Waals surface area contributed by atoms with Crippen LogP contribution in [0.3, 0.4) is 0 Å². The highest BCUT2D eigenvalue weighted by Gasteiger charge is 2.11. The second-order valence-corrected chi connectivity index (χ2v) is 3.54. The van der Waals surface area contributed by atoms with Crippen LogP contribution in [0, 0.1) is 0 Å². The lowest BCUT2D eigenvalue weighted by molar-refractivity contribution is 0.0930. The van der Waals surface area contributed by atoms with Gasteiger partial charge in [0.1, 0.15) is 11.5 Å². The van der Waals surface area contributed by atoms with Gasteiger partial charge in [-0.05, 0) is 25.0 Å². The number of carbonyl (C=O) groups is 1. The van der Waals surface area contributed by atoms with E-state index in [1.54, 1.807) is 18.2 Å². The van der Waals surface area contributed by atoms with Crippen LogP contribution in [0.25, 0.3) is 0 Å². The molecule has 1 aromatic rings. The smallest absolute Gasteiger partial charge is 0.270 e. The van der Waals surface area contributed by atoms with Crippen molar-refractivity contribution in [3.63, 3.8) is 0 Å². The number of amides is 1. The van der Waals surface area contributed by atoms with Gasteiger partial charge in [0.05, 0.1) is 0 Å². The van der Waals surface area contributed by atoms with Crippen LogP contribution >= 0.6 is 0 Å². The number of hydrogen-bond donors (Lipinski definition) is 3. The molecule has 0 radical (unpaired) electrons. The van der Waals surface area contributed by atoms with Crippen LogP contribution in [0.2, 0.25) is 0 Å². The Morgan fingerprint density at radius 1 is 1.44 bits per heavy atom. The minimum atomic E-state index is -0.161. The average molecular weight is 222 g/mol. The monoisotopic (exact) mass is 222 g/mol. The number of rotatable bonds is 5. The Labute approximate surface area is 95.4 Å². The Morgan fingerprint density at radius 2 is 2.12 bits per heavy atom. The molecule has 1 heterocycles. The van der Waals surface area contributed by atoms with Crippen molar-refractivity contribution in [2.75, 3.05) is 5.43 Å². The van der Waals surface area contributed by atoms with Gasteiger partial charge in [-0.25, -0.2) is 10.8 Å². The predicted octanol–water partition coefficient (Wildman–Crippen LogP) is 1.29. The third-order valence-corrected chi connectivity index (χ3v) is 2.45. The fourth-order valence-electron chi connectivity index (χ4n) is 1.39. The molecule has 1 aromatic heterocycles. The number of nitrogens with one attached hydrogen (secondary N) is 2. The van der Waals surface area contributed by atoms with E-state index in [9.17, 15) is 4.79 Å². The van der Waals surface area contributed by atoms with E-state index in [1.165, 1.54) is 0 Å². The molecule has 0 aliphatic carbocycles. The van der Waals surface area contributed by atoms with Crippen LogP contribution in [0.5, 0.6) is 0 Å². The topological polar surface area (TPSA) is 80.0 Å². The lowest BCUT2D eigenvalue weighted by Crippen LogP contribution is -2.34. The summed E-state index contributed by atoms with van der Waals surface area (Å²) in [6.07, 6.45) is 1.83. The second-order valence-electron chi connectivity index (χ2n) is 3.54. The third kappa shape index (κ3) is 3.20. The molecule has 88 valence electrons. The normalized spacial score (nSPS) is 10.2. The highest BCUT2D eigenvalue weighted by atomic mass is 16.1. The zero-order valence-electron chi connectivity index (χ0n) is 9.66. The first-order chi connectivity index (χ1) is 7.71. The molecule has 0 atom stereocenters. The van der Waals surface area contributed by atoms with Crippen LogP contribution in [-0.2, 0) is 0 Å². The van der Waals surface area contributed by atoms with Gasteiger partial charge in [0.25, 0.3) is 5.91 Å². The van der Waals surface area contributed by atoms with E-state index in [1.807, 2.05) is 13.8 Å². The van der Waals surface area contributed by atoms with E-state index in [0.717, 1.165) is 12.8 Å². The molecule has 4 N–H and O–H groups in total. The number of hydrogen-bond acceptors (Lipinski definition) is 4. The van der Waals surface area contributed by atoms with E-state index in [2.05, 4.69) is 15.7 Å².